The van der Waals surface area contributed by atoms with Gasteiger partial charge in [0.05, 0.1) is 5.69 Å². The van der Waals surface area contributed by atoms with Crippen LogP contribution in [0.4, 0.5) is 0 Å². The summed E-state index contributed by atoms with van der Waals surface area (Å²) in [4.78, 5) is 15.9. The van der Waals surface area contributed by atoms with E-state index in [0.717, 1.165) is 17.8 Å². The lowest BCUT2D eigenvalue weighted by Gasteiger charge is -2.13. The first-order valence-electron chi connectivity index (χ1n) is 6.64. The fourth-order valence-corrected chi connectivity index (χ4v) is 1.64. The van der Waals surface area contributed by atoms with Crippen LogP contribution in [0.2, 0.25) is 0 Å². The second-order valence-electron chi connectivity index (χ2n) is 4.72. The molecule has 0 spiro atoms. The summed E-state index contributed by atoms with van der Waals surface area (Å²) in [5.74, 6) is 0.517. The number of aryl methyl sites for hydroxylation is 1. The molecule has 1 atom stereocenters. The Morgan fingerprint density at radius 1 is 1.53 bits per heavy atom. The number of carbonyl (C=O) groups excluding carboxylic acids is 1. The molecule has 3 N–H and O–H groups in total. The lowest BCUT2D eigenvalue weighted by atomic mass is 10.1. The van der Waals surface area contributed by atoms with E-state index in [-0.39, 0.29) is 18.6 Å². The van der Waals surface area contributed by atoms with E-state index in [4.69, 9.17) is 10.5 Å². The minimum atomic E-state index is -0.117. The Morgan fingerprint density at radius 3 is 2.89 bits per heavy atom. The van der Waals surface area contributed by atoms with E-state index in [1.807, 2.05) is 32.9 Å². The van der Waals surface area contributed by atoms with E-state index in [2.05, 4.69) is 10.3 Å². The number of nitrogens with zero attached hydrogens (tertiary/aromatic N) is 1. The molecule has 106 valence electrons. The predicted octanol–water partition coefficient (Wildman–Crippen LogP) is 1.18. The molecule has 0 bridgehead atoms. The van der Waals surface area contributed by atoms with Gasteiger partial charge in [0.25, 0.3) is 5.91 Å². The largest absolute Gasteiger partial charge is 0.482 e. The normalized spacial score (nSPS) is 12.0. The summed E-state index contributed by atoms with van der Waals surface area (Å²) >= 11 is 0. The first-order chi connectivity index (χ1) is 9.02. The number of pyridine rings is 1. The third kappa shape index (κ3) is 5.70. The van der Waals surface area contributed by atoms with Crippen molar-refractivity contribution < 1.29 is 9.53 Å². The van der Waals surface area contributed by atoms with Gasteiger partial charge < -0.3 is 15.8 Å². The van der Waals surface area contributed by atoms with Crippen LogP contribution < -0.4 is 15.8 Å². The maximum atomic E-state index is 11.5. The molecule has 1 aromatic rings. The van der Waals surface area contributed by atoms with Crippen molar-refractivity contribution in [2.75, 3.05) is 13.2 Å². The second kappa shape index (κ2) is 7.74. The summed E-state index contributed by atoms with van der Waals surface area (Å²) in [6, 6.07) is 3.71. The van der Waals surface area contributed by atoms with Gasteiger partial charge in [-0.3, -0.25) is 9.78 Å². The molecule has 0 radical (unpaired) electrons. The van der Waals surface area contributed by atoms with Gasteiger partial charge in [0, 0.05) is 24.7 Å². The number of ether oxygens (including phenoxy) is 1. The maximum Gasteiger partial charge on any atom is 0.257 e. The summed E-state index contributed by atoms with van der Waals surface area (Å²) in [6.45, 7) is 6.52. The van der Waals surface area contributed by atoms with Crippen LogP contribution in [-0.2, 0) is 11.2 Å². The summed E-state index contributed by atoms with van der Waals surface area (Å²) < 4.78 is 5.52. The van der Waals surface area contributed by atoms with Crippen molar-refractivity contribution in [3.05, 3.63) is 23.5 Å². The van der Waals surface area contributed by atoms with Crippen LogP contribution in [0, 0.1) is 6.92 Å². The number of carbonyl (C=O) groups is 1. The highest BCUT2D eigenvalue weighted by molar-refractivity contribution is 5.77. The second-order valence-corrected chi connectivity index (χ2v) is 4.72. The molecule has 1 rings (SSSR count). The van der Waals surface area contributed by atoms with Crippen molar-refractivity contribution in [2.45, 2.75) is 39.7 Å². The van der Waals surface area contributed by atoms with Crippen molar-refractivity contribution in [2.24, 2.45) is 5.73 Å². The Labute approximate surface area is 114 Å². The lowest BCUT2D eigenvalue weighted by Crippen LogP contribution is -2.29. The zero-order chi connectivity index (χ0) is 14.3. The topological polar surface area (TPSA) is 77.2 Å². The van der Waals surface area contributed by atoms with Gasteiger partial charge in [-0.25, -0.2) is 0 Å². The van der Waals surface area contributed by atoms with Crippen molar-refractivity contribution in [3.63, 3.8) is 0 Å². The Bertz CT molecular complexity index is 419. The molecular weight excluding hydrogens is 242 g/mol. The Kier molecular flexibility index (Phi) is 6.29. The number of nitrogens with two attached hydrogens (primary N) is 1. The molecule has 0 saturated heterocycles. The molecule has 19 heavy (non-hydrogen) atoms. The summed E-state index contributed by atoms with van der Waals surface area (Å²) in [5.41, 5.74) is 7.51. The minimum absolute atomic E-state index is 0.00516. The summed E-state index contributed by atoms with van der Waals surface area (Å²) in [7, 11) is 0. The monoisotopic (exact) mass is 265 g/mol. The van der Waals surface area contributed by atoms with Gasteiger partial charge in [0.1, 0.15) is 5.75 Å². The van der Waals surface area contributed by atoms with Crippen molar-refractivity contribution in [1.29, 1.82) is 0 Å². The molecule has 5 heteroatoms. The van der Waals surface area contributed by atoms with Gasteiger partial charge in [0.15, 0.2) is 6.61 Å². The molecule has 0 aliphatic rings. The number of amides is 1. The molecule has 1 amide bonds. The lowest BCUT2D eigenvalue weighted by molar-refractivity contribution is -0.123. The Balaban J connectivity index is 2.64. The predicted molar refractivity (Wildman–Crippen MR) is 75.1 cm³/mol. The standard InChI is InChI=1S/C14H23N3O2/c1-4-7-16-14(18)9-19-13-6-5-11(3)17-12(13)8-10(2)15/h5-6,10H,4,7-9,15H2,1-3H3,(H,16,18). The van der Waals surface area contributed by atoms with Crippen LogP contribution in [0.1, 0.15) is 31.7 Å². The van der Waals surface area contributed by atoms with Crippen molar-refractivity contribution in [3.8, 4) is 5.75 Å². The fraction of sp³-hybridized carbons (Fsp3) is 0.571. The molecule has 0 aliphatic carbocycles. The number of hydrogen-bond donors (Lipinski definition) is 2. The molecule has 1 aromatic heterocycles. The van der Waals surface area contributed by atoms with Crippen LogP contribution in [0.3, 0.4) is 0 Å². The molecule has 1 heterocycles. The number of aromatic nitrogens is 1. The van der Waals surface area contributed by atoms with Gasteiger partial charge in [-0.05, 0) is 32.4 Å². The minimum Gasteiger partial charge on any atom is -0.482 e. The van der Waals surface area contributed by atoms with Gasteiger partial charge in [-0.15, -0.1) is 0 Å². The SMILES string of the molecule is CCCNC(=O)COc1ccc(C)nc1CC(C)N. The average Bonchev–Trinajstić information content (AvgIpc) is 2.34. The maximum absolute atomic E-state index is 11.5. The van der Waals surface area contributed by atoms with E-state index >= 15 is 0 Å². The first kappa shape index (κ1) is 15.4. The Morgan fingerprint density at radius 2 is 2.26 bits per heavy atom. The van der Waals surface area contributed by atoms with Gasteiger partial charge in [-0.1, -0.05) is 6.92 Å². The number of rotatable bonds is 7. The molecule has 0 aliphatic heterocycles. The van der Waals surface area contributed by atoms with Crippen molar-refractivity contribution >= 4 is 5.91 Å². The molecule has 0 saturated carbocycles. The number of nitrogens with one attached hydrogen (secondary N) is 1. The highest BCUT2D eigenvalue weighted by Crippen LogP contribution is 2.18. The van der Waals surface area contributed by atoms with E-state index in [0.29, 0.717) is 18.7 Å². The molecule has 5 nitrogen and oxygen atoms in total. The molecule has 1 unspecified atom stereocenters. The summed E-state index contributed by atoms with van der Waals surface area (Å²) in [5, 5.41) is 2.77. The van der Waals surface area contributed by atoms with Crippen LogP contribution in [0.25, 0.3) is 0 Å². The number of hydrogen-bond acceptors (Lipinski definition) is 4. The Hall–Kier alpha value is -1.62. The quantitative estimate of drug-likeness (QED) is 0.776. The molecular formula is C14H23N3O2. The third-order valence-electron chi connectivity index (χ3n) is 2.52. The van der Waals surface area contributed by atoms with E-state index in [9.17, 15) is 4.79 Å². The van der Waals surface area contributed by atoms with Crippen molar-refractivity contribution in [1.82, 2.24) is 10.3 Å². The average molecular weight is 265 g/mol. The zero-order valence-electron chi connectivity index (χ0n) is 11.9. The van der Waals surface area contributed by atoms with Crippen LogP contribution in [-0.4, -0.2) is 30.1 Å². The van der Waals surface area contributed by atoms with Crippen LogP contribution in [0.15, 0.2) is 12.1 Å². The van der Waals surface area contributed by atoms with Gasteiger partial charge in [0.2, 0.25) is 0 Å². The zero-order valence-corrected chi connectivity index (χ0v) is 11.9. The third-order valence-corrected chi connectivity index (χ3v) is 2.52. The molecule has 0 fully saturated rings. The summed E-state index contributed by atoms with van der Waals surface area (Å²) in [6.07, 6.45) is 1.54. The first-order valence-corrected chi connectivity index (χ1v) is 6.64. The van der Waals surface area contributed by atoms with Gasteiger partial charge in [-0.2, -0.15) is 0 Å². The highest BCUT2D eigenvalue weighted by atomic mass is 16.5. The van der Waals surface area contributed by atoms with Crippen LogP contribution in [0.5, 0.6) is 5.75 Å². The van der Waals surface area contributed by atoms with Crippen LogP contribution >= 0.6 is 0 Å². The highest BCUT2D eigenvalue weighted by Gasteiger charge is 2.10. The fourth-order valence-electron chi connectivity index (χ4n) is 1.64. The smallest absolute Gasteiger partial charge is 0.257 e. The van der Waals surface area contributed by atoms with Gasteiger partial charge >= 0.3 is 0 Å². The molecule has 0 aromatic carbocycles. The van der Waals surface area contributed by atoms with E-state index in [1.54, 1.807) is 0 Å². The van der Waals surface area contributed by atoms with E-state index in [1.165, 1.54) is 0 Å². The van der Waals surface area contributed by atoms with E-state index < -0.39 is 0 Å².